The van der Waals surface area contributed by atoms with E-state index in [-0.39, 0.29) is 0 Å². The Hall–Kier alpha value is -1.53. The van der Waals surface area contributed by atoms with Crippen molar-refractivity contribution in [3.05, 3.63) is 29.3 Å². The van der Waals surface area contributed by atoms with E-state index < -0.39 is 0 Å². The summed E-state index contributed by atoms with van der Waals surface area (Å²) in [7, 11) is 4.00. The second kappa shape index (κ2) is 5.38. The Labute approximate surface area is 90.9 Å². The van der Waals surface area contributed by atoms with Crippen molar-refractivity contribution in [3.8, 4) is 11.8 Å². The molecule has 0 spiro atoms. The second-order valence-corrected chi connectivity index (χ2v) is 3.80. The van der Waals surface area contributed by atoms with Gasteiger partial charge in [0.1, 0.15) is 12.4 Å². The molecular formula is C12H16N2O. The highest BCUT2D eigenvalue weighted by atomic mass is 16.5. The highest BCUT2D eigenvalue weighted by molar-refractivity contribution is 5.40. The van der Waals surface area contributed by atoms with Gasteiger partial charge in [-0.3, -0.25) is 0 Å². The molecule has 0 aromatic heterocycles. The van der Waals surface area contributed by atoms with Gasteiger partial charge >= 0.3 is 0 Å². The zero-order valence-electron chi connectivity index (χ0n) is 9.45. The minimum Gasteiger partial charge on any atom is -0.492 e. The number of hydrogen-bond donors (Lipinski definition) is 0. The van der Waals surface area contributed by atoms with Crippen LogP contribution in [-0.4, -0.2) is 32.1 Å². The van der Waals surface area contributed by atoms with Gasteiger partial charge in [0, 0.05) is 6.54 Å². The van der Waals surface area contributed by atoms with Gasteiger partial charge in [-0.15, -0.1) is 0 Å². The van der Waals surface area contributed by atoms with Crippen LogP contribution < -0.4 is 4.74 Å². The summed E-state index contributed by atoms with van der Waals surface area (Å²) in [6.45, 7) is 3.47. The van der Waals surface area contributed by atoms with Crippen LogP contribution in [0.5, 0.6) is 5.75 Å². The third kappa shape index (κ3) is 4.01. The lowest BCUT2D eigenvalue weighted by Crippen LogP contribution is -2.19. The Morgan fingerprint density at radius 1 is 1.33 bits per heavy atom. The van der Waals surface area contributed by atoms with Crippen LogP contribution in [-0.2, 0) is 0 Å². The lowest BCUT2D eigenvalue weighted by molar-refractivity contribution is 0.261. The third-order valence-electron chi connectivity index (χ3n) is 1.99. The summed E-state index contributed by atoms with van der Waals surface area (Å²) in [6, 6.07) is 7.67. The van der Waals surface area contributed by atoms with Crippen LogP contribution in [0.25, 0.3) is 0 Å². The molecule has 80 valence electrons. The lowest BCUT2D eigenvalue weighted by atomic mass is 10.1. The molecule has 0 N–H and O–H groups in total. The van der Waals surface area contributed by atoms with Gasteiger partial charge < -0.3 is 9.64 Å². The summed E-state index contributed by atoms with van der Waals surface area (Å²) in [6.07, 6.45) is 0. The largest absolute Gasteiger partial charge is 0.492 e. The van der Waals surface area contributed by atoms with Gasteiger partial charge in [0.05, 0.1) is 11.6 Å². The quantitative estimate of drug-likeness (QED) is 0.750. The maximum Gasteiger partial charge on any atom is 0.120 e. The van der Waals surface area contributed by atoms with Crippen LogP contribution >= 0.6 is 0 Å². The minimum atomic E-state index is 0.640. The normalized spacial score (nSPS) is 10.1. The molecule has 1 aromatic rings. The van der Waals surface area contributed by atoms with Gasteiger partial charge in [-0.1, -0.05) is 0 Å². The first-order valence-corrected chi connectivity index (χ1v) is 4.91. The van der Waals surface area contributed by atoms with Crippen LogP contribution in [0, 0.1) is 18.3 Å². The number of rotatable bonds is 4. The number of ether oxygens (including phenoxy) is 1. The van der Waals surface area contributed by atoms with Gasteiger partial charge in [-0.25, -0.2) is 0 Å². The molecule has 15 heavy (non-hydrogen) atoms. The van der Waals surface area contributed by atoms with Crippen molar-refractivity contribution in [2.75, 3.05) is 27.2 Å². The van der Waals surface area contributed by atoms with E-state index in [1.54, 1.807) is 6.07 Å². The van der Waals surface area contributed by atoms with Crippen molar-refractivity contribution in [2.24, 2.45) is 0 Å². The molecule has 0 amide bonds. The second-order valence-electron chi connectivity index (χ2n) is 3.80. The molecule has 0 fully saturated rings. The summed E-state index contributed by atoms with van der Waals surface area (Å²) < 4.78 is 5.55. The molecule has 0 heterocycles. The molecule has 0 unspecified atom stereocenters. The van der Waals surface area contributed by atoms with E-state index in [4.69, 9.17) is 10.00 Å². The summed E-state index contributed by atoms with van der Waals surface area (Å²) in [5.41, 5.74) is 1.70. The zero-order valence-corrected chi connectivity index (χ0v) is 9.45. The Bertz CT molecular complexity index is 366. The number of benzene rings is 1. The number of hydrogen-bond acceptors (Lipinski definition) is 3. The van der Waals surface area contributed by atoms with Gasteiger partial charge in [0.15, 0.2) is 0 Å². The fraction of sp³-hybridized carbons (Fsp3) is 0.417. The van der Waals surface area contributed by atoms with E-state index in [2.05, 4.69) is 11.0 Å². The van der Waals surface area contributed by atoms with E-state index >= 15 is 0 Å². The first-order chi connectivity index (χ1) is 7.11. The van der Waals surface area contributed by atoms with E-state index in [1.165, 1.54) is 0 Å². The molecule has 3 nitrogen and oxygen atoms in total. The van der Waals surface area contributed by atoms with Crippen LogP contribution in [0.3, 0.4) is 0 Å². The van der Waals surface area contributed by atoms with Gasteiger partial charge in [-0.05, 0) is 44.8 Å². The highest BCUT2D eigenvalue weighted by Crippen LogP contribution is 2.16. The van der Waals surface area contributed by atoms with E-state index in [0.717, 1.165) is 17.9 Å². The summed E-state index contributed by atoms with van der Waals surface area (Å²) in [5.74, 6) is 0.772. The van der Waals surface area contributed by atoms with Crippen molar-refractivity contribution in [1.29, 1.82) is 5.26 Å². The molecule has 0 saturated heterocycles. The van der Waals surface area contributed by atoms with Crippen molar-refractivity contribution in [3.63, 3.8) is 0 Å². The molecule has 0 aliphatic heterocycles. The van der Waals surface area contributed by atoms with Crippen molar-refractivity contribution >= 4 is 0 Å². The molecule has 3 heteroatoms. The monoisotopic (exact) mass is 204 g/mol. The SMILES string of the molecule is Cc1cc(C#N)cc(OCCN(C)C)c1. The summed E-state index contributed by atoms with van der Waals surface area (Å²) in [4.78, 5) is 2.06. The average Bonchev–Trinajstić information content (AvgIpc) is 2.16. The van der Waals surface area contributed by atoms with Crippen molar-refractivity contribution in [1.82, 2.24) is 4.90 Å². The van der Waals surface area contributed by atoms with Gasteiger partial charge in [0.2, 0.25) is 0 Å². The number of nitriles is 1. The summed E-state index contributed by atoms with van der Waals surface area (Å²) >= 11 is 0. The molecule has 0 aliphatic carbocycles. The molecule has 0 saturated carbocycles. The Kier molecular flexibility index (Phi) is 4.14. The van der Waals surface area contributed by atoms with Gasteiger partial charge in [-0.2, -0.15) is 5.26 Å². The van der Waals surface area contributed by atoms with Crippen LogP contribution in [0.15, 0.2) is 18.2 Å². The predicted molar refractivity (Wildman–Crippen MR) is 59.9 cm³/mol. The molecule has 0 bridgehead atoms. The van der Waals surface area contributed by atoms with E-state index in [0.29, 0.717) is 12.2 Å². The number of likely N-dealkylation sites (N-methyl/N-ethyl adjacent to an activating group) is 1. The Morgan fingerprint density at radius 3 is 2.67 bits per heavy atom. The third-order valence-corrected chi connectivity index (χ3v) is 1.99. The fourth-order valence-corrected chi connectivity index (χ4v) is 1.24. The maximum atomic E-state index is 8.79. The first-order valence-electron chi connectivity index (χ1n) is 4.91. The average molecular weight is 204 g/mol. The maximum absolute atomic E-state index is 8.79. The van der Waals surface area contributed by atoms with Crippen molar-refractivity contribution < 1.29 is 4.74 Å². The number of nitrogens with zero attached hydrogens (tertiary/aromatic N) is 2. The molecule has 0 aliphatic rings. The summed E-state index contributed by atoms with van der Waals surface area (Å²) in [5, 5.41) is 8.79. The molecule has 1 aromatic carbocycles. The van der Waals surface area contributed by atoms with E-state index in [9.17, 15) is 0 Å². The topological polar surface area (TPSA) is 36.3 Å². The van der Waals surface area contributed by atoms with Crippen LogP contribution in [0.1, 0.15) is 11.1 Å². The van der Waals surface area contributed by atoms with Crippen LogP contribution in [0.4, 0.5) is 0 Å². The predicted octanol–water partition coefficient (Wildman–Crippen LogP) is 1.81. The molecule has 0 radical (unpaired) electrons. The molecule has 0 atom stereocenters. The lowest BCUT2D eigenvalue weighted by Gasteiger charge is -2.11. The Morgan fingerprint density at radius 2 is 2.07 bits per heavy atom. The smallest absolute Gasteiger partial charge is 0.120 e. The van der Waals surface area contributed by atoms with Crippen LogP contribution in [0.2, 0.25) is 0 Å². The van der Waals surface area contributed by atoms with Crippen molar-refractivity contribution in [2.45, 2.75) is 6.92 Å². The minimum absolute atomic E-state index is 0.640. The highest BCUT2D eigenvalue weighted by Gasteiger charge is 1.99. The fourth-order valence-electron chi connectivity index (χ4n) is 1.24. The number of aryl methyl sites for hydroxylation is 1. The molecular weight excluding hydrogens is 188 g/mol. The van der Waals surface area contributed by atoms with Gasteiger partial charge in [0.25, 0.3) is 0 Å². The first kappa shape index (κ1) is 11.5. The molecule has 1 rings (SSSR count). The zero-order chi connectivity index (χ0) is 11.3. The standard InChI is InChI=1S/C12H16N2O/c1-10-6-11(9-13)8-12(7-10)15-5-4-14(2)3/h6-8H,4-5H2,1-3H3. The Balaban J connectivity index is 2.61. The van der Waals surface area contributed by atoms with E-state index in [1.807, 2.05) is 33.2 Å².